The molecule has 1 rings (SSSR count). The lowest BCUT2D eigenvalue weighted by molar-refractivity contribution is 0.266. The fourth-order valence-electron chi connectivity index (χ4n) is 1.43. The zero-order chi connectivity index (χ0) is 13.4. The fourth-order valence-corrected chi connectivity index (χ4v) is 1.43. The van der Waals surface area contributed by atoms with Crippen molar-refractivity contribution in [2.75, 3.05) is 11.9 Å². The summed E-state index contributed by atoms with van der Waals surface area (Å²) < 4.78 is 5.54. The van der Waals surface area contributed by atoms with Gasteiger partial charge in [0, 0.05) is 19.0 Å². The van der Waals surface area contributed by atoms with Crippen LogP contribution < -0.4 is 10.1 Å². The average molecular weight is 247 g/mol. The lowest BCUT2D eigenvalue weighted by atomic mass is 10.3. The maximum atomic E-state index is 5.54. The van der Waals surface area contributed by atoms with Gasteiger partial charge in [0.1, 0.15) is 11.6 Å². The van der Waals surface area contributed by atoms with E-state index in [1.165, 1.54) is 0 Å². The first-order valence-corrected chi connectivity index (χ1v) is 6.44. The van der Waals surface area contributed by atoms with Crippen molar-refractivity contribution < 1.29 is 4.74 Å². The molecule has 18 heavy (non-hydrogen) atoms. The van der Waals surface area contributed by atoms with Crippen molar-refractivity contribution in [3.8, 4) is 18.2 Å². The van der Waals surface area contributed by atoms with Gasteiger partial charge >= 0.3 is 0 Å². The number of aryl methyl sites for hydroxylation is 1. The van der Waals surface area contributed by atoms with E-state index in [1.54, 1.807) is 6.07 Å². The second-order valence-corrected chi connectivity index (χ2v) is 4.11. The molecular formula is C14H21N3O. The molecule has 0 amide bonds. The molecule has 0 bridgehead atoms. The predicted molar refractivity (Wildman–Crippen MR) is 73.7 cm³/mol. The van der Waals surface area contributed by atoms with Crippen LogP contribution in [0.5, 0.6) is 5.88 Å². The molecular weight excluding hydrogens is 226 g/mol. The zero-order valence-corrected chi connectivity index (χ0v) is 11.4. The highest BCUT2D eigenvalue weighted by Gasteiger charge is 2.07. The summed E-state index contributed by atoms with van der Waals surface area (Å²) in [5, 5.41) is 3.24. The molecule has 0 radical (unpaired) electrons. The number of hydrogen-bond acceptors (Lipinski definition) is 4. The van der Waals surface area contributed by atoms with E-state index in [0.717, 1.165) is 37.4 Å². The lowest BCUT2D eigenvalue weighted by Crippen LogP contribution is -2.12. The Labute approximate surface area is 109 Å². The highest BCUT2D eigenvalue weighted by atomic mass is 16.5. The van der Waals surface area contributed by atoms with Gasteiger partial charge in [0.25, 0.3) is 0 Å². The number of terminal acetylenes is 1. The second kappa shape index (κ2) is 7.54. The summed E-state index contributed by atoms with van der Waals surface area (Å²) in [5.41, 5.74) is 0. The van der Waals surface area contributed by atoms with Crippen molar-refractivity contribution in [2.45, 2.75) is 46.1 Å². The molecule has 1 unspecified atom stereocenters. The van der Waals surface area contributed by atoms with Crippen LogP contribution in [0.1, 0.15) is 39.4 Å². The quantitative estimate of drug-likeness (QED) is 0.752. The van der Waals surface area contributed by atoms with Crippen LogP contribution in [0.3, 0.4) is 0 Å². The molecule has 0 fully saturated rings. The van der Waals surface area contributed by atoms with Crippen molar-refractivity contribution >= 4 is 5.82 Å². The third-order valence-electron chi connectivity index (χ3n) is 2.31. The zero-order valence-electron chi connectivity index (χ0n) is 11.4. The van der Waals surface area contributed by atoms with Gasteiger partial charge in [-0.15, -0.1) is 6.42 Å². The molecule has 0 aromatic carbocycles. The number of nitrogens with zero attached hydrogens (tertiary/aromatic N) is 2. The van der Waals surface area contributed by atoms with Crippen molar-refractivity contribution in [3.63, 3.8) is 0 Å². The van der Waals surface area contributed by atoms with E-state index < -0.39 is 0 Å². The van der Waals surface area contributed by atoms with Crippen LogP contribution in [0, 0.1) is 12.3 Å². The molecule has 0 aliphatic heterocycles. The fraction of sp³-hybridized carbons (Fsp3) is 0.571. The van der Waals surface area contributed by atoms with Gasteiger partial charge in [0.05, 0.1) is 0 Å². The van der Waals surface area contributed by atoms with Crippen LogP contribution in [0.4, 0.5) is 5.82 Å². The van der Waals surface area contributed by atoms with Crippen molar-refractivity contribution in [1.82, 2.24) is 9.97 Å². The van der Waals surface area contributed by atoms with Crippen LogP contribution in [0.25, 0.3) is 0 Å². The monoisotopic (exact) mass is 247 g/mol. The van der Waals surface area contributed by atoms with E-state index in [1.807, 2.05) is 6.92 Å². The Balaban J connectivity index is 2.87. The topological polar surface area (TPSA) is 47.0 Å². The Morgan fingerprint density at radius 1 is 1.39 bits per heavy atom. The Bertz CT molecular complexity index is 412. The Hall–Kier alpha value is -1.76. The number of hydrogen-bond donors (Lipinski definition) is 1. The summed E-state index contributed by atoms with van der Waals surface area (Å²) in [4.78, 5) is 8.79. The minimum atomic E-state index is -0.284. The lowest BCUT2D eigenvalue weighted by Gasteiger charge is -2.11. The van der Waals surface area contributed by atoms with E-state index in [9.17, 15) is 0 Å². The summed E-state index contributed by atoms with van der Waals surface area (Å²) in [6.07, 6.45) is 7.90. The molecule has 4 nitrogen and oxygen atoms in total. The Morgan fingerprint density at radius 3 is 2.78 bits per heavy atom. The van der Waals surface area contributed by atoms with E-state index >= 15 is 0 Å². The number of nitrogens with one attached hydrogen (secondary N) is 1. The maximum absolute atomic E-state index is 5.54. The van der Waals surface area contributed by atoms with Gasteiger partial charge in [-0.2, -0.15) is 4.98 Å². The third-order valence-corrected chi connectivity index (χ3v) is 2.31. The molecule has 1 heterocycles. The van der Waals surface area contributed by atoms with E-state index in [2.05, 4.69) is 35.1 Å². The SMILES string of the molecule is C#CC(C)Oc1cc(NCCC)nc(CCC)n1. The molecule has 0 saturated heterocycles. The molecule has 1 atom stereocenters. The summed E-state index contributed by atoms with van der Waals surface area (Å²) in [5.74, 6) is 4.65. The first kappa shape index (κ1) is 14.3. The van der Waals surface area contributed by atoms with Gasteiger partial charge in [-0.25, -0.2) is 4.98 Å². The number of rotatable bonds is 7. The molecule has 0 aliphatic rings. The molecule has 0 spiro atoms. The van der Waals surface area contributed by atoms with Crippen LogP contribution in [0.15, 0.2) is 6.07 Å². The standard InChI is InChI=1S/C14H21N3O/c1-5-8-12-16-13(15-9-6-2)10-14(17-12)18-11(4)7-3/h3,10-11H,5-6,8-9H2,1-2,4H3,(H,15,16,17). The summed E-state index contributed by atoms with van der Waals surface area (Å²) in [7, 11) is 0. The van der Waals surface area contributed by atoms with E-state index in [0.29, 0.717) is 5.88 Å². The molecule has 98 valence electrons. The summed E-state index contributed by atoms with van der Waals surface area (Å²) >= 11 is 0. The third kappa shape index (κ3) is 4.62. The predicted octanol–water partition coefficient (Wildman–Crippen LogP) is 2.65. The highest BCUT2D eigenvalue weighted by Crippen LogP contribution is 2.15. The van der Waals surface area contributed by atoms with Gasteiger partial charge in [-0.1, -0.05) is 19.8 Å². The normalized spacial score (nSPS) is 11.7. The van der Waals surface area contributed by atoms with Crippen LogP contribution in [-0.4, -0.2) is 22.6 Å². The van der Waals surface area contributed by atoms with Crippen LogP contribution >= 0.6 is 0 Å². The summed E-state index contributed by atoms with van der Waals surface area (Å²) in [6, 6.07) is 1.79. The molecule has 1 aromatic rings. The highest BCUT2D eigenvalue weighted by molar-refractivity contribution is 5.38. The molecule has 0 saturated carbocycles. The van der Waals surface area contributed by atoms with E-state index in [-0.39, 0.29) is 6.10 Å². The Morgan fingerprint density at radius 2 is 2.17 bits per heavy atom. The van der Waals surface area contributed by atoms with Crippen LogP contribution in [0.2, 0.25) is 0 Å². The number of aromatic nitrogens is 2. The minimum absolute atomic E-state index is 0.284. The van der Waals surface area contributed by atoms with Crippen molar-refractivity contribution in [1.29, 1.82) is 0 Å². The largest absolute Gasteiger partial charge is 0.461 e. The molecule has 4 heteroatoms. The van der Waals surface area contributed by atoms with E-state index in [4.69, 9.17) is 11.2 Å². The maximum Gasteiger partial charge on any atom is 0.219 e. The summed E-state index contributed by atoms with van der Waals surface area (Å²) in [6.45, 7) is 6.91. The first-order valence-electron chi connectivity index (χ1n) is 6.44. The van der Waals surface area contributed by atoms with Gasteiger partial charge in [-0.05, 0) is 19.8 Å². The molecule has 1 N–H and O–H groups in total. The number of ether oxygens (including phenoxy) is 1. The van der Waals surface area contributed by atoms with Crippen LogP contribution in [-0.2, 0) is 6.42 Å². The van der Waals surface area contributed by atoms with Crippen molar-refractivity contribution in [3.05, 3.63) is 11.9 Å². The van der Waals surface area contributed by atoms with Gasteiger partial charge in [0.2, 0.25) is 5.88 Å². The Kier molecular flexibility index (Phi) is 5.99. The second-order valence-electron chi connectivity index (χ2n) is 4.11. The molecule has 1 aromatic heterocycles. The van der Waals surface area contributed by atoms with Gasteiger partial charge in [0.15, 0.2) is 6.10 Å². The first-order chi connectivity index (χ1) is 8.69. The molecule has 0 aliphatic carbocycles. The van der Waals surface area contributed by atoms with Gasteiger partial charge in [-0.3, -0.25) is 0 Å². The minimum Gasteiger partial charge on any atom is -0.461 e. The smallest absolute Gasteiger partial charge is 0.219 e. The van der Waals surface area contributed by atoms with Crippen molar-refractivity contribution in [2.24, 2.45) is 0 Å². The van der Waals surface area contributed by atoms with Gasteiger partial charge < -0.3 is 10.1 Å². The number of anilines is 1. The average Bonchev–Trinajstić information content (AvgIpc) is 2.36.